The van der Waals surface area contributed by atoms with Gasteiger partial charge in [-0.15, -0.1) is 0 Å². The summed E-state index contributed by atoms with van der Waals surface area (Å²) in [6.45, 7) is 4.58. The Bertz CT molecular complexity index is 1340. The van der Waals surface area contributed by atoms with Gasteiger partial charge in [0, 0.05) is 11.4 Å². The highest BCUT2D eigenvalue weighted by atomic mass is 16.1. The minimum atomic E-state index is -0.153. The zero-order valence-electron chi connectivity index (χ0n) is 26.5. The van der Waals surface area contributed by atoms with Crippen molar-refractivity contribution < 1.29 is 9.59 Å². The van der Waals surface area contributed by atoms with Crippen LogP contribution in [-0.2, 0) is 9.59 Å². The fourth-order valence-corrected chi connectivity index (χ4v) is 8.01. The molecule has 0 atom stereocenters. The summed E-state index contributed by atoms with van der Waals surface area (Å²) in [5.41, 5.74) is 6.83. The average Bonchev–Trinajstić information content (AvgIpc) is 3.05. The van der Waals surface area contributed by atoms with E-state index in [-0.39, 0.29) is 11.6 Å². The van der Waals surface area contributed by atoms with Crippen molar-refractivity contribution in [2.75, 3.05) is 10.6 Å². The Hall–Kier alpha value is -3.66. The zero-order chi connectivity index (χ0) is 30.5. The third-order valence-corrected chi connectivity index (χ3v) is 10.5. The second kappa shape index (κ2) is 14.0. The first-order chi connectivity index (χ1) is 21.5. The van der Waals surface area contributed by atoms with E-state index in [4.69, 9.17) is 0 Å². The van der Waals surface area contributed by atoms with Crippen molar-refractivity contribution in [1.82, 2.24) is 0 Å². The first-order valence-electron chi connectivity index (χ1n) is 17.2. The topological polar surface area (TPSA) is 58.2 Å². The van der Waals surface area contributed by atoms with Crippen molar-refractivity contribution in [2.45, 2.75) is 103 Å². The summed E-state index contributed by atoms with van der Waals surface area (Å²) >= 11 is 0. The zero-order valence-corrected chi connectivity index (χ0v) is 26.5. The maximum absolute atomic E-state index is 13.2. The molecule has 4 aliphatic carbocycles. The number of anilines is 2. The van der Waals surface area contributed by atoms with Crippen LogP contribution in [0.25, 0.3) is 0 Å². The van der Waals surface area contributed by atoms with Gasteiger partial charge in [-0.05, 0) is 135 Å². The maximum Gasteiger partial charge on any atom is 0.188 e. The number of ketones is 2. The summed E-state index contributed by atoms with van der Waals surface area (Å²) in [7, 11) is 0. The average molecular weight is 589 g/mol. The van der Waals surface area contributed by atoms with Crippen LogP contribution in [0, 0.1) is 11.8 Å². The molecule has 2 aromatic rings. The quantitative estimate of drug-likeness (QED) is 0.290. The van der Waals surface area contributed by atoms with Crippen LogP contribution in [0.3, 0.4) is 0 Å². The normalized spacial score (nSPS) is 25.3. The van der Waals surface area contributed by atoms with E-state index in [9.17, 15) is 9.59 Å². The molecule has 2 saturated carbocycles. The molecule has 2 aromatic carbocycles. The van der Waals surface area contributed by atoms with Gasteiger partial charge in [0.1, 0.15) is 0 Å². The number of hydrogen-bond acceptors (Lipinski definition) is 4. The lowest BCUT2D eigenvalue weighted by Gasteiger charge is -2.29. The van der Waals surface area contributed by atoms with Gasteiger partial charge in [0.2, 0.25) is 0 Å². The van der Waals surface area contributed by atoms with Crippen molar-refractivity contribution in [1.29, 1.82) is 0 Å². The van der Waals surface area contributed by atoms with E-state index in [2.05, 4.69) is 73.0 Å². The van der Waals surface area contributed by atoms with Crippen molar-refractivity contribution in [3.63, 3.8) is 0 Å². The minimum Gasteiger partial charge on any atom is -0.355 e. The molecule has 0 heterocycles. The molecule has 2 N–H and O–H groups in total. The van der Waals surface area contributed by atoms with Crippen LogP contribution in [0.4, 0.5) is 11.4 Å². The smallest absolute Gasteiger partial charge is 0.188 e. The first kappa shape index (κ1) is 30.4. The molecule has 0 aliphatic heterocycles. The molecule has 0 amide bonds. The van der Waals surface area contributed by atoms with Crippen LogP contribution in [0.2, 0.25) is 0 Å². The van der Waals surface area contributed by atoms with Crippen molar-refractivity contribution in [2.24, 2.45) is 11.8 Å². The molecule has 0 saturated heterocycles. The van der Waals surface area contributed by atoms with Crippen molar-refractivity contribution in [3.8, 4) is 0 Å². The summed E-state index contributed by atoms with van der Waals surface area (Å²) in [5.74, 6) is 2.76. The molecule has 4 nitrogen and oxygen atoms in total. The molecular formula is C40H48N2O2. The molecular weight excluding hydrogens is 540 g/mol. The highest BCUT2D eigenvalue weighted by Crippen LogP contribution is 2.39. The Kier molecular flexibility index (Phi) is 9.64. The van der Waals surface area contributed by atoms with Crippen molar-refractivity contribution in [3.05, 3.63) is 107 Å². The van der Waals surface area contributed by atoms with Gasteiger partial charge in [0.05, 0.1) is 22.5 Å². The van der Waals surface area contributed by atoms with E-state index >= 15 is 0 Å². The summed E-state index contributed by atoms with van der Waals surface area (Å²) in [6, 6.07) is 17.3. The van der Waals surface area contributed by atoms with E-state index in [1.54, 1.807) is 24.3 Å². The van der Waals surface area contributed by atoms with Crippen LogP contribution < -0.4 is 10.6 Å². The molecule has 0 aromatic heterocycles. The fourth-order valence-electron chi connectivity index (χ4n) is 8.01. The lowest BCUT2D eigenvalue weighted by molar-refractivity contribution is -0.114. The van der Waals surface area contributed by atoms with Crippen LogP contribution in [-0.4, -0.2) is 11.6 Å². The number of allylic oxidation sites excluding steroid dienone is 6. The Morgan fingerprint density at radius 3 is 1.23 bits per heavy atom. The fraction of sp³-hybridized carbons (Fsp3) is 0.450. The first-order valence-corrected chi connectivity index (χ1v) is 17.2. The summed E-state index contributed by atoms with van der Waals surface area (Å²) in [5, 5.41) is 6.90. The molecule has 6 rings (SSSR count). The summed E-state index contributed by atoms with van der Waals surface area (Å²) in [6.07, 6.45) is 22.3. The van der Waals surface area contributed by atoms with E-state index in [1.807, 2.05) is 0 Å². The van der Waals surface area contributed by atoms with E-state index < -0.39 is 0 Å². The van der Waals surface area contributed by atoms with Crippen molar-refractivity contribution >= 4 is 22.9 Å². The predicted molar refractivity (Wildman–Crippen MR) is 182 cm³/mol. The van der Waals surface area contributed by atoms with Gasteiger partial charge in [-0.3, -0.25) is 9.59 Å². The predicted octanol–water partition coefficient (Wildman–Crippen LogP) is 10.1. The second-order valence-corrected chi connectivity index (χ2v) is 13.5. The Labute approximate surface area is 263 Å². The maximum atomic E-state index is 13.2. The largest absolute Gasteiger partial charge is 0.355 e. The molecule has 0 spiro atoms. The molecule has 0 unspecified atom stereocenters. The van der Waals surface area contributed by atoms with Crippen LogP contribution in [0.1, 0.15) is 114 Å². The van der Waals surface area contributed by atoms with Gasteiger partial charge in [0.25, 0.3) is 0 Å². The van der Waals surface area contributed by atoms with Gasteiger partial charge < -0.3 is 10.6 Å². The van der Waals surface area contributed by atoms with Crippen LogP contribution in [0.15, 0.2) is 95.4 Å². The number of hydrogen-bond donors (Lipinski definition) is 2. The van der Waals surface area contributed by atoms with Gasteiger partial charge >= 0.3 is 0 Å². The second-order valence-electron chi connectivity index (χ2n) is 13.5. The Morgan fingerprint density at radius 1 is 0.523 bits per heavy atom. The lowest BCUT2D eigenvalue weighted by Crippen LogP contribution is -2.24. The molecule has 2 fully saturated rings. The molecule has 0 bridgehead atoms. The molecule has 44 heavy (non-hydrogen) atoms. The molecule has 230 valence electrons. The van der Waals surface area contributed by atoms with Gasteiger partial charge in [-0.25, -0.2) is 0 Å². The molecule has 4 heteroatoms. The van der Waals surface area contributed by atoms with E-state index in [0.717, 1.165) is 23.2 Å². The van der Waals surface area contributed by atoms with E-state index in [0.29, 0.717) is 34.4 Å². The SMILES string of the molecule is CCCC1CCC(c2ccc(NC3=C4C(=O)C=CC(Nc5ccc(C6CCC(CCC)CC6)cc5)=C4C(=O)C=C3)cc2)CC1. The van der Waals surface area contributed by atoms with E-state index in [1.165, 1.54) is 88.2 Å². The highest BCUT2D eigenvalue weighted by Gasteiger charge is 2.31. The Morgan fingerprint density at radius 2 is 0.886 bits per heavy atom. The number of nitrogens with one attached hydrogen (secondary N) is 2. The number of carbonyl (C=O) groups excluding carboxylic acids is 2. The van der Waals surface area contributed by atoms with Gasteiger partial charge in [-0.1, -0.05) is 63.8 Å². The summed E-state index contributed by atoms with van der Waals surface area (Å²) < 4.78 is 0. The van der Waals surface area contributed by atoms with Crippen LogP contribution >= 0.6 is 0 Å². The number of rotatable bonds is 10. The molecule has 0 radical (unpaired) electrons. The summed E-state index contributed by atoms with van der Waals surface area (Å²) in [4.78, 5) is 26.3. The number of fused-ring (bicyclic) bond motifs is 1. The number of carbonyl (C=O) groups is 2. The van der Waals surface area contributed by atoms with Gasteiger partial charge in [0.15, 0.2) is 11.6 Å². The highest BCUT2D eigenvalue weighted by molar-refractivity contribution is 6.23. The number of benzene rings is 2. The molecule has 4 aliphatic rings. The monoisotopic (exact) mass is 588 g/mol. The third kappa shape index (κ3) is 6.85. The third-order valence-electron chi connectivity index (χ3n) is 10.5. The lowest BCUT2D eigenvalue weighted by atomic mass is 9.77. The minimum absolute atomic E-state index is 0.153. The Balaban J connectivity index is 1.15. The van der Waals surface area contributed by atoms with Gasteiger partial charge in [-0.2, -0.15) is 0 Å². The standard InChI is InChI=1S/C40H48N2O2/c1-3-5-27-7-11-29(12-8-27)31-15-19-33(20-16-31)41-35-23-25-38(44)40-36(24-26-37(43)39(35)40)42-34-21-17-32(18-22-34)30-13-9-28(6-4-2)10-14-30/h15-30,41-42H,3-14H2,1-2H3. The van der Waals surface area contributed by atoms with Crippen LogP contribution in [0.5, 0.6) is 0 Å².